The Labute approximate surface area is 244 Å². The monoisotopic (exact) mass is 628 g/mol. The van der Waals surface area contributed by atoms with Crippen LogP contribution in [0.5, 0.6) is 11.5 Å². The molecule has 0 atom stereocenters. The molecule has 4 rings (SSSR count). The quantitative estimate of drug-likeness (QED) is 0.155. The Kier molecular flexibility index (Phi) is 9.12. The zero-order valence-corrected chi connectivity index (χ0v) is 23.9. The van der Waals surface area contributed by atoms with Gasteiger partial charge >= 0.3 is 6.03 Å². The van der Waals surface area contributed by atoms with Crippen molar-refractivity contribution in [2.75, 3.05) is 11.5 Å². The number of rotatable bonds is 9. The molecule has 1 N–H and O–H groups in total. The maximum absolute atomic E-state index is 13.3. The fourth-order valence-corrected chi connectivity index (χ4v) is 4.67. The highest BCUT2D eigenvalue weighted by Crippen LogP contribution is 2.36. The predicted octanol–water partition coefficient (Wildman–Crippen LogP) is 7.13. The molecule has 0 bridgehead atoms. The zero-order chi connectivity index (χ0) is 28.1. The summed E-state index contributed by atoms with van der Waals surface area (Å²) in [4.78, 5) is 39.5. The van der Waals surface area contributed by atoms with E-state index in [9.17, 15) is 14.4 Å². The van der Waals surface area contributed by atoms with Gasteiger partial charge in [0, 0.05) is 25.6 Å². The number of halogens is 3. The average Bonchev–Trinajstić information content (AvgIpc) is 2.88. The summed E-state index contributed by atoms with van der Waals surface area (Å²) in [5.41, 5.74) is 2.09. The molecule has 0 aliphatic carbocycles. The number of imide groups is 2. The van der Waals surface area contributed by atoms with Gasteiger partial charge in [-0.05, 0) is 73.5 Å². The summed E-state index contributed by atoms with van der Waals surface area (Å²) < 4.78 is 12.8. The zero-order valence-electron chi connectivity index (χ0n) is 20.8. The molecule has 0 unspecified atom stereocenters. The van der Waals surface area contributed by atoms with Crippen molar-refractivity contribution in [1.29, 1.82) is 0 Å². The van der Waals surface area contributed by atoms with Crippen LogP contribution in [0.1, 0.15) is 23.6 Å². The molecule has 1 fully saturated rings. The first kappa shape index (κ1) is 28.4. The first-order valence-corrected chi connectivity index (χ1v) is 13.4. The minimum Gasteiger partial charge on any atom is -0.490 e. The van der Waals surface area contributed by atoms with Gasteiger partial charge < -0.3 is 9.47 Å². The smallest absolute Gasteiger partial charge is 0.335 e. The Morgan fingerprint density at radius 2 is 1.74 bits per heavy atom. The molecule has 3 aromatic carbocycles. The Morgan fingerprint density at radius 3 is 2.41 bits per heavy atom. The van der Waals surface area contributed by atoms with Crippen molar-refractivity contribution in [2.24, 2.45) is 0 Å². The van der Waals surface area contributed by atoms with Crippen molar-refractivity contribution < 1.29 is 23.9 Å². The minimum atomic E-state index is -0.823. The molecule has 7 nitrogen and oxygen atoms in total. The molecule has 0 saturated carbocycles. The van der Waals surface area contributed by atoms with Crippen molar-refractivity contribution in [3.05, 3.63) is 104 Å². The summed E-state index contributed by atoms with van der Waals surface area (Å²) in [5, 5.41) is 3.22. The molecular weight excluding hydrogens is 607 g/mol. The maximum atomic E-state index is 13.3. The van der Waals surface area contributed by atoms with E-state index in [4.69, 9.17) is 32.7 Å². The molecule has 1 aliphatic heterocycles. The molecular formula is C29H23BrCl2N2O5. The fourth-order valence-electron chi connectivity index (χ4n) is 3.94. The number of ether oxygens (including phenoxy) is 2. The number of urea groups is 1. The molecule has 1 heterocycles. The Hall–Kier alpha value is -3.59. The molecule has 4 amide bonds. The van der Waals surface area contributed by atoms with Crippen molar-refractivity contribution in [2.45, 2.75) is 20.0 Å². The number of hydrogen-bond acceptors (Lipinski definition) is 5. The summed E-state index contributed by atoms with van der Waals surface area (Å²) in [6.45, 7) is 6.16. The predicted molar refractivity (Wildman–Crippen MR) is 155 cm³/mol. The van der Waals surface area contributed by atoms with E-state index in [1.54, 1.807) is 60.7 Å². The number of barbiturate groups is 1. The highest BCUT2D eigenvalue weighted by atomic mass is 79.9. The van der Waals surface area contributed by atoms with E-state index >= 15 is 0 Å². The summed E-state index contributed by atoms with van der Waals surface area (Å²) in [7, 11) is 0. The third-order valence-corrected chi connectivity index (χ3v) is 6.82. The van der Waals surface area contributed by atoms with Crippen LogP contribution in [0.2, 0.25) is 10.0 Å². The average molecular weight is 630 g/mol. The second-order valence-electron chi connectivity index (χ2n) is 8.39. The lowest BCUT2D eigenvalue weighted by molar-refractivity contribution is -0.122. The van der Waals surface area contributed by atoms with Gasteiger partial charge in [0.25, 0.3) is 11.8 Å². The largest absolute Gasteiger partial charge is 0.490 e. The SMILES string of the molecule is C=CCc1cc(/C=C2\C(=O)NC(=O)N(c3ccc(Br)cc3)C2=O)cc(OCC)c1OCc1ccc(Cl)cc1Cl. The lowest BCUT2D eigenvalue weighted by atomic mass is 10.0. The van der Waals surface area contributed by atoms with Crippen molar-refractivity contribution >= 4 is 68.7 Å². The van der Waals surface area contributed by atoms with Crippen LogP contribution in [0.4, 0.5) is 10.5 Å². The minimum absolute atomic E-state index is 0.159. The van der Waals surface area contributed by atoms with Crippen LogP contribution in [0.3, 0.4) is 0 Å². The van der Waals surface area contributed by atoms with E-state index in [-0.39, 0.29) is 12.2 Å². The van der Waals surface area contributed by atoms with Crippen LogP contribution in [0.25, 0.3) is 6.08 Å². The Morgan fingerprint density at radius 1 is 1.00 bits per heavy atom. The lowest BCUT2D eigenvalue weighted by Gasteiger charge is -2.26. The molecule has 0 radical (unpaired) electrons. The van der Waals surface area contributed by atoms with E-state index in [1.165, 1.54) is 6.08 Å². The highest BCUT2D eigenvalue weighted by molar-refractivity contribution is 9.10. The summed E-state index contributed by atoms with van der Waals surface area (Å²) in [6.07, 6.45) is 3.55. The highest BCUT2D eigenvalue weighted by Gasteiger charge is 2.36. The first-order chi connectivity index (χ1) is 18.7. The van der Waals surface area contributed by atoms with Gasteiger partial charge in [0.2, 0.25) is 0 Å². The van der Waals surface area contributed by atoms with Crippen LogP contribution in [0.15, 0.2) is 77.3 Å². The lowest BCUT2D eigenvalue weighted by Crippen LogP contribution is -2.54. The van der Waals surface area contributed by atoms with Gasteiger partial charge in [0.1, 0.15) is 12.2 Å². The van der Waals surface area contributed by atoms with Gasteiger partial charge in [0.05, 0.1) is 12.3 Å². The van der Waals surface area contributed by atoms with Crippen LogP contribution in [-0.4, -0.2) is 24.5 Å². The Bertz CT molecular complexity index is 1490. The normalized spacial score (nSPS) is 14.4. The number of carbonyl (C=O) groups excluding carboxylic acids is 3. The molecule has 200 valence electrons. The van der Waals surface area contributed by atoms with E-state index in [0.29, 0.717) is 45.8 Å². The van der Waals surface area contributed by atoms with Crippen molar-refractivity contribution in [3.63, 3.8) is 0 Å². The number of nitrogens with one attached hydrogen (secondary N) is 1. The van der Waals surface area contributed by atoms with E-state index in [0.717, 1.165) is 20.5 Å². The van der Waals surface area contributed by atoms with Gasteiger partial charge in [-0.1, -0.05) is 51.3 Å². The number of allylic oxidation sites excluding steroid dienone is 1. The van der Waals surface area contributed by atoms with Gasteiger partial charge in [0.15, 0.2) is 11.5 Å². The molecule has 0 spiro atoms. The maximum Gasteiger partial charge on any atom is 0.335 e. The molecule has 1 aliphatic rings. The van der Waals surface area contributed by atoms with Gasteiger partial charge in [-0.15, -0.1) is 6.58 Å². The number of benzene rings is 3. The van der Waals surface area contributed by atoms with Crippen LogP contribution >= 0.6 is 39.1 Å². The Balaban J connectivity index is 1.72. The third kappa shape index (κ3) is 6.53. The van der Waals surface area contributed by atoms with Crippen LogP contribution < -0.4 is 19.7 Å². The number of hydrogen-bond donors (Lipinski definition) is 1. The molecule has 39 heavy (non-hydrogen) atoms. The van der Waals surface area contributed by atoms with Gasteiger partial charge in [-0.2, -0.15) is 0 Å². The number of carbonyl (C=O) groups is 3. The van der Waals surface area contributed by atoms with Crippen LogP contribution in [0, 0.1) is 0 Å². The molecule has 1 saturated heterocycles. The standard InChI is InChI=1S/C29H23BrCl2N2O5/c1-3-5-18-12-17(14-25(38-4-2)26(18)39-16-19-6-9-21(31)15-24(19)32)13-23-27(35)33-29(37)34(28(23)36)22-10-7-20(30)8-11-22/h3,6-15H,1,4-5,16H2,2H3,(H,33,35,37)/b23-13+. The third-order valence-electron chi connectivity index (χ3n) is 5.70. The molecule has 3 aromatic rings. The van der Waals surface area contributed by atoms with Crippen molar-refractivity contribution in [1.82, 2.24) is 5.32 Å². The summed E-state index contributed by atoms with van der Waals surface area (Å²) in [6, 6.07) is 14.4. The number of anilines is 1. The molecule has 10 heteroatoms. The van der Waals surface area contributed by atoms with Gasteiger partial charge in [-0.25, -0.2) is 9.69 Å². The second kappa shape index (κ2) is 12.5. The van der Waals surface area contributed by atoms with E-state index in [1.807, 2.05) is 6.92 Å². The summed E-state index contributed by atoms with van der Waals surface area (Å²) in [5.74, 6) is -0.638. The number of nitrogens with zero attached hydrogens (tertiary/aromatic N) is 1. The number of amides is 4. The van der Waals surface area contributed by atoms with E-state index in [2.05, 4.69) is 27.8 Å². The van der Waals surface area contributed by atoms with E-state index < -0.39 is 17.8 Å². The topological polar surface area (TPSA) is 84.9 Å². The second-order valence-corrected chi connectivity index (χ2v) is 10.2. The van der Waals surface area contributed by atoms with Crippen LogP contribution in [-0.2, 0) is 22.6 Å². The van der Waals surface area contributed by atoms with Crippen molar-refractivity contribution in [3.8, 4) is 11.5 Å². The van der Waals surface area contributed by atoms with Gasteiger partial charge in [-0.3, -0.25) is 14.9 Å². The molecule has 0 aromatic heterocycles. The fraction of sp³-hybridized carbons (Fsp3) is 0.138. The summed E-state index contributed by atoms with van der Waals surface area (Å²) >= 11 is 15.6. The first-order valence-electron chi connectivity index (χ1n) is 11.9.